The summed E-state index contributed by atoms with van der Waals surface area (Å²) in [5.41, 5.74) is 2.86. The van der Waals surface area contributed by atoms with Crippen molar-refractivity contribution >= 4 is 18.0 Å². The van der Waals surface area contributed by atoms with Crippen LogP contribution in [-0.2, 0) is 11.0 Å². The van der Waals surface area contributed by atoms with Crippen molar-refractivity contribution in [2.45, 2.75) is 6.42 Å². The van der Waals surface area contributed by atoms with Crippen LogP contribution >= 0.6 is 7.37 Å². The maximum Gasteiger partial charge on any atom is 0.259 e. The molecular formula is C21H19O2P. The molecule has 3 aromatic carbocycles. The number of benzene rings is 3. The van der Waals surface area contributed by atoms with Crippen LogP contribution in [0.1, 0.15) is 5.56 Å². The molecule has 0 aliphatic carbocycles. The molecule has 24 heavy (non-hydrogen) atoms. The topological polar surface area (TPSA) is 37.3 Å². The highest BCUT2D eigenvalue weighted by molar-refractivity contribution is 7.73. The van der Waals surface area contributed by atoms with Crippen molar-refractivity contribution in [3.63, 3.8) is 0 Å². The average molecular weight is 334 g/mol. The molecule has 0 saturated heterocycles. The largest absolute Gasteiger partial charge is 0.338 e. The molecule has 0 spiro atoms. The first kappa shape index (κ1) is 16.4. The van der Waals surface area contributed by atoms with Gasteiger partial charge in [0, 0.05) is 10.6 Å². The third-order valence-corrected chi connectivity index (χ3v) is 6.05. The second-order valence-corrected chi connectivity index (χ2v) is 7.73. The summed E-state index contributed by atoms with van der Waals surface area (Å²) in [5, 5.41) is 0.909. The lowest BCUT2D eigenvalue weighted by atomic mass is 9.98. The van der Waals surface area contributed by atoms with E-state index in [9.17, 15) is 9.46 Å². The van der Waals surface area contributed by atoms with Gasteiger partial charge in [0.05, 0.1) is 0 Å². The van der Waals surface area contributed by atoms with Crippen molar-refractivity contribution in [2.75, 3.05) is 0 Å². The Balaban J connectivity index is 2.20. The zero-order valence-corrected chi connectivity index (χ0v) is 14.2. The fraction of sp³-hybridized carbons (Fsp3) is 0.0476. The van der Waals surface area contributed by atoms with Gasteiger partial charge in [-0.3, -0.25) is 4.57 Å². The van der Waals surface area contributed by atoms with Gasteiger partial charge in [0.25, 0.3) is 7.37 Å². The lowest BCUT2D eigenvalue weighted by molar-refractivity contribution is 0.501. The monoisotopic (exact) mass is 334 g/mol. The average Bonchev–Trinajstić information content (AvgIpc) is 2.63. The summed E-state index contributed by atoms with van der Waals surface area (Å²) in [4.78, 5) is 10.9. The molecule has 120 valence electrons. The van der Waals surface area contributed by atoms with Gasteiger partial charge in [0.1, 0.15) is 0 Å². The Kier molecular flexibility index (Phi) is 4.80. The molecule has 3 heteroatoms. The van der Waals surface area contributed by atoms with Gasteiger partial charge in [0.15, 0.2) is 0 Å². The van der Waals surface area contributed by atoms with E-state index in [0.29, 0.717) is 17.0 Å². The molecule has 0 amide bonds. The van der Waals surface area contributed by atoms with E-state index in [4.69, 9.17) is 0 Å². The Morgan fingerprint density at radius 3 is 2.12 bits per heavy atom. The van der Waals surface area contributed by atoms with Crippen molar-refractivity contribution in [1.82, 2.24) is 0 Å². The normalized spacial score (nSPS) is 13.2. The highest BCUT2D eigenvalue weighted by Crippen LogP contribution is 2.42. The van der Waals surface area contributed by atoms with Crippen LogP contribution in [0.2, 0.25) is 0 Å². The summed E-state index contributed by atoms with van der Waals surface area (Å²) in [5.74, 6) is 0. The van der Waals surface area contributed by atoms with Gasteiger partial charge >= 0.3 is 0 Å². The molecule has 0 fully saturated rings. The van der Waals surface area contributed by atoms with E-state index >= 15 is 0 Å². The summed E-state index contributed by atoms with van der Waals surface area (Å²) >= 11 is 0. The molecule has 2 nitrogen and oxygen atoms in total. The minimum absolute atomic E-state index is 0.443. The summed E-state index contributed by atoms with van der Waals surface area (Å²) in [6.07, 6.45) is 2.56. The van der Waals surface area contributed by atoms with E-state index in [1.807, 2.05) is 48.5 Å². The zero-order chi connectivity index (χ0) is 17.0. The second kappa shape index (κ2) is 7.00. The van der Waals surface area contributed by atoms with Gasteiger partial charge in [-0.1, -0.05) is 66.7 Å². The first-order valence-corrected chi connectivity index (χ1v) is 9.47. The quantitative estimate of drug-likeness (QED) is 0.558. The summed E-state index contributed by atoms with van der Waals surface area (Å²) in [6, 6.07) is 24.1. The van der Waals surface area contributed by atoms with Crippen LogP contribution in [0.4, 0.5) is 0 Å². The van der Waals surface area contributed by atoms with Crippen LogP contribution in [0.5, 0.6) is 0 Å². The van der Waals surface area contributed by atoms with Crippen LogP contribution in [-0.4, -0.2) is 4.89 Å². The van der Waals surface area contributed by atoms with Crippen molar-refractivity contribution in [3.8, 4) is 11.1 Å². The minimum Gasteiger partial charge on any atom is -0.338 e. The maximum absolute atomic E-state index is 13.2. The van der Waals surface area contributed by atoms with Crippen molar-refractivity contribution < 1.29 is 9.46 Å². The SMILES string of the molecule is C=CCc1ccccc1-c1ccccc1P(=O)(O)c1ccccc1. The number of hydrogen-bond donors (Lipinski definition) is 1. The predicted octanol–water partition coefficient (Wildman–Crippen LogP) is 4.30. The van der Waals surface area contributed by atoms with Gasteiger partial charge in [-0.05, 0) is 41.3 Å². The molecule has 0 saturated carbocycles. The van der Waals surface area contributed by atoms with Crippen LogP contribution < -0.4 is 10.6 Å². The predicted molar refractivity (Wildman–Crippen MR) is 101 cm³/mol. The fourth-order valence-electron chi connectivity index (χ4n) is 2.85. The van der Waals surface area contributed by atoms with Gasteiger partial charge in [-0.25, -0.2) is 0 Å². The van der Waals surface area contributed by atoms with E-state index in [1.165, 1.54) is 0 Å². The van der Waals surface area contributed by atoms with Crippen LogP contribution in [0.25, 0.3) is 11.1 Å². The molecule has 3 aromatic rings. The lowest BCUT2D eigenvalue weighted by Gasteiger charge is -2.18. The summed E-state index contributed by atoms with van der Waals surface area (Å²) in [6.45, 7) is 3.81. The van der Waals surface area contributed by atoms with Gasteiger partial charge in [0.2, 0.25) is 0 Å². The molecule has 1 N–H and O–H groups in total. The van der Waals surface area contributed by atoms with E-state index in [0.717, 1.165) is 16.7 Å². The maximum atomic E-state index is 13.2. The lowest BCUT2D eigenvalue weighted by Crippen LogP contribution is -2.17. The molecule has 1 atom stereocenters. The van der Waals surface area contributed by atoms with E-state index in [2.05, 4.69) is 6.58 Å². The molecule has 0 bridgehead atoms. The zero-order valence-electron chi connectivity index (χ0n) is 13.3. The molecule has 1 unspecified atom stereocenters. The molecule has 0 aliphatic heterocycles. The standard InChI is InChI=1S/C21H19O2P/c1-2-10-17-11-6-7-14-19(17)20-15-8-9-16-21(20)24(22,23)18-12-4-3-5-13-18/h2-9,11-16H,1,10H2,(H,22,23). The van der Waals surface area contributed by atoms with Gasteiger partial charge in [-0.2, -0.15) is 0 Å². The molecule has 0 radical (unpaired) electrons. The minimum atomic E-state index is -3.66. The van der Waals surface area contributed by atoms with Crippen molar-refractivity contribution in [2.24, 2.45) is 0 Å². The third-order valence-electron chi connectivity index (χ3n) is 4.01. The van der Waals surface area contributed by atoms with Crippen LogP contribution in [0.15, 0.2) is 91.5 Å². The Morgan fingerprint density at radius 1 is 0.833 bits per heavy atom. The molecule has 0 aromatic heterocycles. The van der Waals surface area contributed by atoms with E-state index < -0.39 is 7.37 Å². The second-order valence-electron chi connectivity index (χ2n) is 5.58. The fourth-order valence-corrected chi connectivity index (χ4v) is 4.52. The number of hydrogen-bond acceptors (Lipinski definition) is 1. The highest BCUT2D eigenvalue weighted by atomic mass is 31.2. The summed E-state index contributed by atoms with van der Waals surface area (Å²) < 4.78 is 13.2. The van der Waals surface area contributed by atoms with Crippen LogP contribution in [0.3, 0.4) is 0 Å². The molecule has 0 heterocycles. The third kappa shape index (κ3) is 3.12. The molecular weight excluding hydrogens is 315 g/mol. The molecule has 3 rings (SSSR count). The van der Waals surface area contributed by atoms with E-state index in [1.54, 1.807) is 36.4 Å². The first-order chi connectivity index (χ1) is 11.6. The van der Waals surface area contributed by atoms with Gasteiger partial charge < -0.3 is 4.89 Å². The first-order valence-electron chi connectivity index (χ1n) is 7.82. The smallest absolute Gasteiger partial charge is 0.259 e. The number of allylic oxidation sites excluding steroid dienone is 1. The number of rotatable bonds is 5. The van der Waals surface area contributed by atoms with Crippen molar-refractivity contribution in [3.05, 3.63) is 97.1 Å². The highest BCUT2D eigenvalue weighted by Gasteiger charge is 2.27. The Labute approximate surface area is 142 Å². The Bertz CT molecular complexity index is 900. The van der Waals surface area contributed by atoms with Gasteiger partial charge in [-0.15, -0.1) is 6.58 Å². The van der Waals surface area contributed by atoms with Crippen LogP contribution in [0, 0.1) is 0 Å². The summed E-state index contributed by atoms with van der Waals surface area (Å²) in [7, 11) is -3.66. The Morgan fingerprint density at radius 2 is 1.42 bits per heavy atom. The van der Waals surface area contributed by atoms with Crippen molar-refractivity contribution in [1.29, 1.82) is 0 Å². The molecule has 0 aliphatic rings. The van der Waals surface area contributed by atoms with E-state index in [-0.39, 0.29) is 0 Å². The Hall–Kier alpha value is -2.41.